The van der Waals surface area contributed by atoms with Crippen LogP contribution in [0.15, 0.2) is 0 Å². The summed E-state index contributed by atoms with van der Waals surface area (Å²) in [6.07, 6.45) is 6.30. The lowest BCUT2D eigenvalue weighted by Gasteiger charge is -2.41. The number of rotatable bonds is 5. The van der Waals surface area contributed by atoms with Crippen LogP contribution in [-0.4, -0.2) is 36.9 Å². The molecule has 88 valence electrons. The van der Waals surface area contributed by atoms with Crippen molar-refractivity contribution in [3.05, 3.63) is 0 Å². The molecule has 2 rings (SSSR count). The van der Waals surface area contributed by atoms with Gasteiger partial charge < -0.3 is 15.7 Å². The van der Waals surface area contributed by atoms with Crippen LogP contribution < -0.4 is 10.6 Å². The van der Waals surface area contributed by atoms with Gasteiger partial charge in [0.15, 0.2) is 0 Å². The Hall–Kier alpha value is -0.120. The fourth-order valence-corrected chi connectivity index (χ4v) is 2.80. The first-order valence-corrected chi connectivity index (χ1v) is 6.36. The molecule has 0 aromatic carbocycles. The van der Waals surface area contributed by atoms with Crippen LogP contribution in [-0.2, 0) is 0 Å². The summed E-state index contributed by atoms with van der Waals surface area (Å²) in [5.41, 5.74) is 0.608. The number of hydrogen-bond acceptors (Lipinski definition) is 3. The van der Waals surface area contributed by atoms with E-state index in [9.17, 15) is 5.11 Å². The van der Waals surface area contributed by atoms with Crippen LogP contribution in [0.2, 0.25) is 0 Å². The summed E-state index contributed by atoms with van der Waals surface area (Å²) in [4.78, 5) is 0. The van der Waals surface area contributed by atoms with Crippen molar-refractivity contribution in [1.82, 2.24) is 10.6 Å². The molecule has 2 unspecified atom stereocenters. The van der Waals surface area contributed by atoms with Gasteiger partial charge in [0.1, 0.15) is 0 Å². The zero-order valence-electron chi connectivity index (χ0n) is 9.76. The molecular formula is C12H24N2O. The van der Waals surface area contributed by atoms with Crippen LogP contribution in [0.1, 0.15) is 39.0 Å². The fourth-order valence-electron chi connectivity index (χ4n) is 2.80. The number of hydrogen-bond donors (Lipinski definition) is 3. The second-order valence-electron chi connectivity index (χ2n) is 5.33. The maximum absolute atomic E-state index is 9.37. The van der Waals surface area contributed by atoms with Crippen molar-refractivity contribution in [2.24, 2.45) is 5.41 Å². The number of nitrogens with one attached hydrogen (secondary N) is 2. The summed E-state index contributed by atoms with van der Waals surface area (Å²) in [5, 5.41) is 16.3. The lowest BCUT2D eigenvalue weighted by atomic mass is 9.67. The summed E-state index contributed by atoms with van der Waals surface area (Å²) in [5.74, 6) is 0. The van der Waals surface area contributed by atoms with Gasteiger partial charge in [-0.1, -0.05) is 13.3 Å². The first kappa shape index (κ1) is 11.4. The van der Waals surface area contributed by atoms with E-state index < -0.39 is 0 Å². The largest absolute Gasteiger partial charge is 0.392 e. The minimum atomic E-state index is -0.124. The smallest absolute Gasteiger partial charge is 0.0680 e. The summed E-state index contributed by atoms with van der Waals surface area (Å²) < 4.78 is 0. The fraction of sp³-hybridized carbons (Fsp3) is 1.00. The number of β-amino-alcohol motifs (C(OH)–C–C–N with tert-alkyl or cyclic N) is 1. The zero-order valence-corrected chi connectivity index (χ0v) is 9.76. The number of aliphatic hydroxyl groups excluding tert-OH is 1. The van der Waals surface area contributed by atoms with Crippen molar-refractivity contribution in [2.45, 2.75) is 51.2 Å². The highest BCUT2D eigenvalue weighted by Crippen LogP contribution is 2.42. The van der Waals surface area contributed by atoms with Crippen molar-refractivity contribution in [3.8, 4) is 0 Å². The predicted octanol–water partition coefficient (Wildman–Crippen LogP) is 0.879. The molecule has 0 aromatic rings. The molecule has 1 heterocycles. The van der Waals surface area contributed by atoms with E-state index in [4.69, 9.17) is 0 Å². The van der Waals surface area contributed by atoms with E-state index in [0.717, 1.165) is 26.1 Å². The molecule has 1 aliphatic carbocycles. The van der Waals surface area contributed by atoms with Crippen LogP contribution in [0.25, 0.3) is 0 Å². The molecule has 3 N–H and O–H groups in total. The first-order chi connectivity index (χ1) is 7.24. The molecule has 2 atom stereocenters. The topological polar surface area (TPSA) is 44.3 Å². The summed E-state index contributed by atoms with van der Waals surface area (Å²) >= 11 is 0. The van der Waals surface area contributed by atoms with Crippen LogP contribution >= 0.6 is 0 Å². The van der Waals surface area contributed by atoms with Crippen LogP contribution in [0.3, 0.4) is 0 Å². The van der Waals surface area contributed by atoms with Crippen LogP contribution in [0.5, 0.6) is 0 Å². The zero-order chi connectivity index (χ0) is 10.7. The van der Waals surface area contributed by atoms with Gasteiger partial charge in [-0.05, 0) is 31.1 Å². The van der Waals surface area contributed by atoms with Crippen LogP contribution in [0, 0.1) is 5.41 Å². The average Bonchev–Trinajstić information content (AvgIpc) is 2.56. The van der Waals surface area contributed by atoms with Crippen LogP contribution in [0.4, 0.5) is 0 Å². The van der Waals surface area contributed by atoms with Gasteiger partial charge in [0.2, 0.25) is 0 Å². The van der Waals surface area contributed by atoms with E-state index in [-0.39, 0.29) is 6.10 Å². The van der Waals surface area contributed by atoms with Crippen molar-refractivity contribution in [2.75, 3.05) is 19.6 Å². The molecule has 3 heteroatoms. The van der Waals surface area contributed by atoms with Crippen molar-refractivity contribution in [1.29, 1.82) is 0 Å². The Morgan fingerprint density at radius 3 is 2.73 bits per heavy atom. The third-order valence-electron chi connectivity index (χ3n) is 4.25. The summed E-state index contributed by atoms with van der Waals surface area (Å²) in [6, 6.07) is 0.481. The molecule has 0 radical (unpaired) electrons. The van der Waals surface area contributed by atoms with E-state index >= 15 is 0 Å². The lowest BCUT2D eigenvalue weighted by molar-refractivity contribution is 0.123. The molecule has 0 bridgehead atoms. The van der Waals surface area contributed by atoms with Crippen molar-refractivity contribution >= 4 is 0 Å². The first-order valence-electron chi connectivity index (χ1n) is 6.36. The Morgan fingerprint density at radius 2 is 2.27 bits per heavy atom. The minimum Gasteiger partial charge on any atom is -0.392 e. The minimum absolute atomic E-state index is 0.124. The van der Waals surface area contributed by atoms with Gasteiger partial charge in [0, 0.05) is 25.7 Å². The monoisotopic (exact) mass is 212 g/mol. The van der Waals surface area contributed by atoms with Gasteiger partial charge in [0.25, 0.3) is 0 Å². The van der Waals surface area contributed by atoms with Crippen molar-refractivity contribution < 1.29 is 5.11 Å². The maximum Gasteiger partial charge on any atom is 0.0680 e. The van der Waals surface area contributed by atoms with E-state index in [2.05, 4.69) is 17.6 Å². The quantitative estimate of drug-likeness (QED) is 0.634. The summed E-state index contributed by atoms with van der Waals surface area (Å²) in [7, 11) is 0. The molecule has 1 saturated heterocycles. The van der Waals surface area contributed by atoms with Gasteiger partial charge in [0.05, 0.1) is 6.10 Å². The molecule has 2 fully saturated rings. The van der Waals surface area contributed by atoms with E-state index in [1.54, 1.807) is 0 Å². The average molecular weight is 212 g/mol. The standard InChI is InChI=1S/C12H24N2O/c1-2-12(4-3-5-12)9-13-7-10-6-11(15)8-14-10/h10-11,13-15H,2-9H2,1H3. The highest BCUT2D eigenvalue weighted by Gasteiger charge is 2.34. The highest BCUT2D eigenvalue weighted by molar-refractivity contribution is 4.90. The molecule has 1 aliphatic heterocycles. The molecule has 1 saturated carbocycles. The molecule has 3 nitrogen and oxygen atoms in total. The Labute approximate surface area is 92.6 Å². The van der Waals surface area contributed by atoms with E-state index in [0.29, 0.717) is 11.5 Å². The second-order valence-corrected chi connectivity index (χ2v) is 5.33. The molecular weight excluding hydrogens is 188 g/mol. The van der Waals surface area contributed by atoms with Gasteiger partial charge in [-0.15, -0.1) is 0 Å². The van der Waals surface area contributed by atoms with E-state index in [1.165, 1.54) is 25.7 Å². The SMILES string of the molecule is CCC1(CNCC2CC(O)CN2)CCC1. The predicted molar refractivity (Wildman–Crippen MR) is 61.9 cm³/mol. The Balaban J connectivity index is 1.62. The highest BCUT2D eigenvalue weighted by atomic mass is 16.3. The molecule has 2 aliphatic rings. The molecule has 0 spiro atoms. The lowest BCUT2D eigenvalue weighted by Crippen LogP contribution is -2.43. The van der Waals surface area contributed by atoms with Gasteiger partial charge >= 0.3 is 0 Å². The second kappa shape index (κ2) is 4.81. The van der Waals surface area contributed by atoms with Crippen molar-refractivity contribution in [3.63, 3.8) is 0 Å². The molecule has 0 amide bonds. The Bertz CT molecular complexity index is 198. The molecule has 15 heavy (non-hydrogen) atoms. The van der Waals surface area contributed by atoms with Gasteiger partial charge in [-0.25, -0.2) is 0 Å². The Morgan fingerprint density at radius 1 is 1.47 bits per heavy atom. The molecule has 0 aromatic heterocycles. The third-order valence-corrected chi connectivity index (χ3v) is 4.25. The third kappa shape index (κ3) is 2.71. The maximum atomic E-state index is 9.37. The normalized spacial score (nSPS) is 34.0. The van der Waals surface area contributed by atoms with E-state index in [1.807, 2.05) is 0 Å². The van der Waals surface area contributed by atoms with Gasteiger partial charge in [-0.3, -0.25) is 0 Å². The summed E-state index contributed by atoms with van der Waals surface area (Å²) in [6.45, 7) is 5.25. The van der Waals surface area contributed by atoms with Gasteiger partial charge in [-0.2, -0.15) is 0 Å². The number of aliphatic hydroxyl groups is 1. The Kier molecular flexibility index (Phi) is 3.65.